The van der Waals surface area contributed by atoms with Crippen molar-refractivity contribution in [1.82, 2.24) is 4.90 Å². The van der Waals surface area contributed by atoms with E-state index in [9.17, 15) is 9.59 Å². The lowest BCUT2D eigenvalue weighted by Gasteiger charge is -2.17. The van der Waals surface area contributed by atoms with E-state index in [-0.39, 0.29) is 24.5 Å². The van der Waals surface area contributed by atoms with E-state index in [0.717, 1.165) is 11.1 Å². The van der Waals surface area contributed by atoms with E-state index in [2.05, 4.69) is 6.07 Å². The van der Waals surface area contributed by atoms with Gasteiger partial charge in [0.15, 0.2) is 5.78 Å². The van der Waals surface area contributed by atoms with Crippen molar-refractivity contribution in [3.8, 4) is 6.07 Å². The number of Topliss-reactive ketones (excluding diaryl/α,β-unsaturated/α-hetero) is 1. The molecule has 0 bridgehead atoms. The molecule has 1 amide bonds. The first-order chi connectivity index (χ1) is 11.5. The minimum absolute atomic E-state index is 0.0184. The molecule has 0 saturated carbocycles. The van der Waals surface area contributed by atoms with Crippen molar-refractivity contribution in [2.75, 3.05) is 7.05 Å². The maximum Gasteiger partial charge on any atom is 0.223 e. The van der Waals surface area contributed by atoms with Crippen LogP contribution in [0.1, 0.15) is 39.9 Å². The predicted molar refractivity (Wildman–Crippen MR) is 92.4 cm³/mol. The number of hydrogen-bond donors (Lipinski definition) is 0. The van der Waals surface area contributed by atoms with Gasteiger partial charge in [0, 0.05) is 32.0 Å². The Morgan fingerprint density at radius 3 is 2.21 bits per heavy atom. The van der Waals surface area contributed by atoms with Crippen molar-refractivity contribution in [2.24, 2.45) is 0 Å². The first-order valence-electron chi connectivity index (χ1n) is 7.82. The molecule has 0 N–H and O–H groups in total. The Morgan fingerprint density at radius 2 is 1.62 bits per heavy atom. The average molecular weight is 320 g/mol. The number of amides is 1. The van der Waals surface area contributed by atoms with Gasteiger partial charge in [-0.25, -0.2) is 0 Å². The second kappa shape index (κ2) is 8.07. The minimum Gasteiger partial charge on any atom is -0.341 e. The van der Waals surface area contributed by atoms with Gasteiger partial charge < -0.3 is 4.90 Å². The molecule has 0 fully saturated rings. The Balaban J connectivity index is 1.85. The molecule has 0 aromatic heterocycles. The van der Waals surface area contributed by atoms with Crippen LogP contribution < -0.4 is 0 Å². The smallest absolute Gasteiger partial charge is 0.223 e. The number of nitriles is 1. The predicted octanol–water partition coefficient (Wildman–Crippen LogP) is 3.49. The zero-order valence-electron chi connectivity index (χ0n) is 14.0. The van der Waals surface area contributed by atoms with E-state index in [1.807, 2.05) is 31.2 Å². The number of aryl methyl sites for hydroxylation is 1. The van der Waals surface area contributed by atoms with Crippen LogP contribution >= 0.6 is 0 Å². The van der Waals surface area contributed by atoms with Crippen molar-refractivity contribution < 1.29 is 9.59 Å². The second-order valence-electron chi connectivity index (χ2n) is 5.85. The van der Waals surface area contributed by atoms with Crippen LogP contribution in [-0.4, -0.2) is 23.6 Å². The molecule has 4 heteroatoms. The molecule has 0 heterocycles. The van der Waals surface area contributed by atoms with Gasteiger partial charge in [0.05, 0.1) is 11.6 Å². The summed E-state index contributed by atoms with van der Waals surface area (Å²) >= 11 is 0. The van der Waals surface area contributed by atoms with Crippen LogP contribution in [-0.2, 0) is 11.3 Å². The quantitative estimate of drug-likeness (QED) is 0.765. The molecular weight excluding hydrogens is 300 g/mol. The lowest BCUT2D eigenvalue weighted by Crippen LogP contribution is -2.26. The summed E-state index contributed by atoms with van der Waals surface area (Å²) < 4.78 is 0. The van der Waals surface area contributed by atoms with E-state index in [1.165, 1.54) is 0 Å². The summed E-state index contributed by atoms with van der Waals surface area (Å²) in [6.07, 6.45) is 0.402. The van der Waals surface area contributed by atoms with Gasteiger partial charge in [0.1, 0.15) is 0 Å². The number of nitrogens with zero attached hydrogens (tertiary/aromatic N) is 2. The molecular formula is C20H20N2O2. The number of hydrogen-bond acceptors (Lipinski definition) is 3. The number of carbonyl (C=O) groups excluding carboxylic acids is 2. The fourth-order valence-corrected chi connectivity index (χ4v) is 2.34. The molecule has 122 valence electrons. The Morgan fingerprint density at radius 1 is 1.00 bits per heavy atom. The van der Waals surface area contributed by atoms with Gasteiger partial charge in [-0.2, -0.15) is 5.26 Å². The zero-order chi connectivity index (χ0) is 17.5. The van der Waals surface area contributed by atoms with E-state index in [4.69, 9.17) is 5.26 Å². The minimum atomic E-state index is -0.0696. The number of benzene rings is 2. The Hall–Kier alpha value is -2.93. The third-order valence-corrected chi connectivity index (χ3v) is 3.87. The summed E-state index contributed by atoms with van der Waals surface area (Å²) in [6.45, 7) is 2.43. The molecule has 2 aromatic carbocycles. The SMILES string of the molecule is Cc1ccc(C(=O)CCC(=O)N(C)Cc2ccc(C#N)cc2)cc1. The fourth-order valence-electron chi connectivity index (χ4n) is 2.34. The molecule has 0 unspecified atom stereocenters. The van der Waals surface area contributed by atoms with Crippen LogP contribution in [0.25, 0.3) is 0 Å². The van der Waals surface area contributed by atoms with Crippen LogP contribution in [0.4, 0.5) is 0 Å². The molecule has 0 radical (unpaired) electrons. The first-order valence-corrected chi connectivity index (χ1v) is 7.82. The molecule has 4 nitrogen and oxygen atoms in total. The summed E-state index contributed by atoms with van der Waals surface area (Å²) in [7, 11) is 1.72. The molecule has 24 heavy (non-hydrogen) atoms. The highest BCUT2D eigenvalue weighted by Crippen LogP contribution is 2.10. The lowest BCUT2D eigenvalue weighted by molar-refractivity contribution is -0.130. The standard InChI is InChI=1S/C20H20N2O2/c1-15-3-9-18(10-4-15)19(23)11-12-20(24)22(2)14-17-7-5-16(13-21)6-8-17/h3-10H,11-12,14H2,1-2H3. The highest BCUT2D eigenvalue weighted by Gasteiger charge is 2.13. The normalized spacial score (nSPS) is 10.0. The van der Waals surface area contributed by atoms with Gasteiger partial charge in [0.25, 0.3) is 0 Å². The average Bonchev–Trinajstić information content (AvgIpc) is 2.60. The molecule has 0 atom stereocenters. The number of ketones is 1. The highest BCUT2D eigenvalue weighted by atomic mass is 16.2. The third kappa shape index (κ3) is 4.79. The largest absolute Gasteiger partial charge is 0.341 e. The van der Waals surface area contributed by atoms with Crippen molar-refractivity contribution in [3.05, 3.63) is 70.8 Å². The maximum atomic E-state index is 12.2. The summed E-state index contributed by atoms with van der Waals surface area (Å²) in [5.41, 5.74) is 3.29. The van der Waals surface area contributed by atoms with Crippen molar-refractivity contribution >= 4 is 11.7 Å². The van der Waals surface area contributed by atoms with E-state index < -0.39 is 0 Å². The van der Waals surface area contributed by atoms with Crippen LogP contribution in [0.15, 0.2) is 48.5 Å². The monoisotopic (exact) mass is 320 g/mol. The van der Waals surface area contributed by atoms with E-state index in [0.29, 0.717) is 17.7 Å². The van der Waals surface area contributed by atoms with Gasteiger partial charge >= 0.3 is 0 Å². The molecule has 0 aliphatic rings. The molecule has 2 aromatic rings. The van der Waals surface area contributed by atoms with Crippen LogP contribution in [0.2, 0.25) is 0 Å². The summed E-state index contributed by atoms with van der Waals surface area (Å²) in [4.78, 5) is 25.9. The van der Waals surface area contributed by atoms with Crippen molar-refractivity contribution in [2.45, 2.75) is 26.3 Å². The Labute approximate surface area is 142 Å². The first kappa shape index (κ1) is 17.4. The maximum absolute atomic E-state index is 12.2. The van der Waals surface area contributed by atoms with Gasteiger partial charge in [0.2, 0.25) is 5.91 Å². The summed E-state index contributed by atoms with van der Waals surface area (Å²) in [6, 6.07) is 16.6. The number of rotatable bonds is 6. The number of carbonyl (C=O) groups is 2. The van der Waals surface area contributed by atoms with Crippen LogP contribution in [0.5, 0.6) is 0 Å². The molecule has 2 rings (SSSR count). The van der Waals surface area contributed by atoms with Crippen LogP contribution in [0.3, 0.4) is 0 Å². The topological polar surface area (TPSA) is 61.2 Å². The van der Waals surface area contributed by atoms with Crippen LogP contribution in [0, 0.1) is 18.3 Å². The summed E-state index contributed by atoms with van der Waals surface area (Å²) in [5, 5.41) is 8.78. The van der Waals surface area contributed by atoms with Gasteiger partial charge in [-0.3, -0.25) is 9.59 Å². The van der Waals surface area contributed by atoms with E-state index in [1.54, 1.807) is 36.2 Å². The van der Waals surface area contributed by atoms with Crippen molar-refractivity contribution in [1.29, 1.82) is 5.26 Å². The molecule has 0 aliphatic carbocycles. The van der Waals surface area contributed by atoms with Crippen molar-refractivity contribution in [3.63, 3.8) is 0 Å². The molecule has 0 saturated heterocycles. The Kier molecular flexibility index (Phi) is 5.86. The van der Waals surface area contributed by atoms with E-state index >= 15 is 0 Å². The zero-order valence-corrected chi connectivity index (χ0v) is 14.0. The Bertz CT molecular complexity index is 756. The fraction of sp³-hybridized carbons (Fsp3) is 0.250. The highest BCUT2D eigenvalue weighted by molar-refractivity contribution is 5.97. The van der Waals surface area contributed by atoms with Gasteiger partial charge in [-0.15, -0.1) is 0 Å². The third-order valence-electron chi connectivity index (χ3n) is 3.87. The molecule has 0 spiro atoms. The van der Waals surface area contributed by atoms with Gasteiger partial charge in [-0.05, 0) is 24.6 Å². The second-order valence-corrected chi connectivity index (χ2v) is 5.85. The lowest BCUT2D eigenvalue weighted by atomic mass is 10.0. The molecule has 0 aliphatic heterocycles. The summed E-state index contributed by atoms with van der Waals surface area (Å²) in [5.74, 6) is -0.0880. The van der Waals surface area contributed by atoms with Gasteiger partial charge in [-0.1, -0.05) is 42.0 Å².